The lowest BCUT2D eigenvalue weighted by Gasteiger charge is -2.24. The van der Waals surface area contributed by atoms with E-state index in [1.54, 1.807) is 6.92 Å². The molecule has 1 N–H and O–H groups in total. The molecule has 1 aliphatic rings. The van der Waals surface area contributed by atoms with Crippen molar-refractivity contribution in [1.82, 2.24) is 0 Å². The summed E-state index contributed by atoms with van der Waals surface area (Å²) in [5.74, 6) is -1.35. The molecule has 1 aliphatic heterocycles. The maximum atomic E-state index is 13.6. The molecule has 0 fully saturated rings. The Morgan fingerprint density at radius 3 is 2.62 bits per heavy atom. The second kappa shape index (κ2) is 8.42. The lowest BCUT2D eigenvalue weighted by molar-refractivity contribution is -0.151. The van der Waals surface area contributed by atoms with Crippen LogP contribution in [0, 0.1) is 0 Å². The van der Waals surface area contributed by atoms with Crippen LogP contribution in [-0.2, 0) is 25.2 Å². The second-order valence-corrected chi connectivity index (χ2v) is 6.76. The van der Waals surface area contributed by atoms with Gasteiger partial charge in [0.1, 0.15) is 12.2 Å². The fraction of sp³-hybridized carbons (Fsp3) is 0.300. The minimum Gasteiger partial charge on any atom is -0.466 e. The highest BCUT2D eigenvalue weighted by atomic mass is 35.5. The fourth-order valence-corrected chi connectivity index (χ4v) is 3.29. The number of amides is 1. The van der Waals surface area contributed by atoms with Crippen LogP contribution in [0.3, 0.4) is 0 Å². The van der Waals surface area contributed by atoms with Gasteiger partial charge >= 0.3 is 12.1 Å². The number of carbonyl (C=O) groups excluding carboxylic acids is 2. The van der Waals surface area contributed by atoms with E-state index in [0.717, 1.165) is 6.07 Å². The molecule has 5 nitrogen and oxygen atoms in total. The summed E-state index contributed by atoms with van der Waals surface area (Å²) in [6.45, 7) is 1.70. The van der Waals surface area contributed by atoms with E-state index >= 15 is 0 Å². The minimum atomic E-state index is -4.64. The van der Waals surface area contributed by atoms with Gasteiger partial charge in [-0.25, -0.2) is 0 Å². The first kappa shape index (κ1) is 21.1. The van der Waals surface area contributed by atoms with Crippen LogP contribution in [0.1, 0.15) is 36.1 Å². The normalized spacial score (nSPS) is 19.1. The molecule has 1 amide bonds. The predicted octanol–water partition coefficient (Wildman–Crippen LogP) is 4.74. The van der Waals surface area contributed by atoms with Crippen molar-refractivity contribution in [3.8, 4) is 0 Å². The molecule has 154 valence electrons. The number of carbonyl (C=O) groups is 2. The summed E-state index contributed by atoms with van der Waals surface area (Å²) >= 11 is 6.05. The van der Waals surface area contributed by atoms with Crippen LogP contribution in [0.25, 0.3) is 0 Å². The van der Waals surface area contributed by atoms with Gasteiger partial charge in [0, 0.05) is 16.3 Å². The molecular formula is C20H17ClF3NO4. The number of rotatable bonds is 4. The highest BCUT2D eigenvalue weighted by Crippen LogP contribution is 2.42. The van der Waals surface area contributed by atoms with E-state index in [-0.39, 0.29) is 28.4 Å². The van der Waals surface area contributed by atoms with Crippen LogP contribution in [0.4, 0.5) is 18.9 Å². The van der Waals surface area contributed by atoms with Crippen LogP contribution < -0.4 is 5.32 Å². The Hall–Kier alpha value is -2.58. The van der Waals surface area contributed by atoms with Gasteiger partial charge in [-0.05, 0) is 36.8 Å². The number of benzene rings is 2. The van der Waals surface area contributed by atoms with Gasteiger partial charge in [-0.3, -0.25) is 9.59 Å². The van der Waals surface area contributed by atoms with Crippen LogP contribution >= 0.6 is 11.6 Å². The Morgan fingerprint density at radius 1 is 1.21 bits per heavy atom. The number of alkyl halides is 3. The van der Waals surface area contributed by atoms with Crippen molar-refractivity contribution >= 4 is 29.2 Å². The summed E-state index contributed by atoms with van der Waals surface area (Å²) in [7, 11) is 0. The first-order valence-electron chi connectivity index (χ1n) is 8.78. The van der Waals surface area contributed by atoms with Crippen molar-refractivity contribution in [2.75, 3.05) is 11.9 Å². The van der Waals surface area contributed by atoms with Crippen LogP contribution in [-0.4, -0.2) is 24.6 Å². The zero-order valence-corrected chi connectivity index (χ0v) is 16.0. The SMILES string of the molecule is CCOC(=O)C[C@H]1O[C@H](c2ccccc2C(F)(F)F)c2cc(Cl)ccc2NC1=O. The molecule has 1 heterocycles. The standard InChI is InChI=1S/C20H17ClF3NO4/c1-2-28-17(26)10-16-19(27)25-15-8-7-11(21)9-13(15)18(29-16)12-5-3-4-6-14(12)20(22,23)24/h3-9,16,18H,2,10H2,1H3,(H,25,27)/t16-,18-/m1/s1. The van der Waals surface area contributed by atoms with Gasteiger partial charge in [-0.1, -0.05) is 29.8 Å². The topological polar surface area (TPSA) is 64.6 Å². The van der Waals surface area contributed by atoms with Crippen LogP contribution in [0.15, 0.2) is 42.5 Å². The van der Waals surface area contributed by atoms with Crippen molar-refractivity contribution in [3.05, 3.63) is 64.2 Å². The molecule has 0 aliphatic carbocycles. The molecule has 0 aromatic heterocycles. The number of hydrogen-bond donors (Lipinski definition) is 1. The molecule has 0 saturated carbocycles. The van der Waals surface area contributed by atoms with Crippen molar-refractivity contribution in [1.29, 1.82) is 0 Å². The molecule has 0 bridgehead atoms. The zero-order chi connectivity index (χ0) is 21.2. The average Bonchev–Trinajstić information content (AvgIpc) is 2.78. The Morgan fingerprint density at radius 2 is 1.93 bits per heavy atom. The number of fused-ring (bicyclic) bond motifs is 1. The van der Waals surface area contributed by atoms with Gasteiger partial charge in [-0.2, -0.15) is 13.2 Å². The fourth-order valence-electron chi connectivity index (χ4n) is 3.11. The first-order chi connectivity index (χ1) is 13.7. The van der Waals surface area contributed by atoms with Crippen LogP contribution in [0.2, 0.25) is 5.02 Å². The Labute approximate surface area is 169 Å². The third-order valence-corrected chi connectivity index (χ3v) is 4.59. The van der Waals surface area contributed by atoms with Gasteiger partial charge in [0.15, 0.2) is 0 Å². The summed E-state index contributed by atoms with van der Waals surface area (Å²) in [5, 5.41) is 2.86. The molecule has 29 heavy (non-hydrogen) atoms. The lowest BCUT2D eigenvalue weighted by Crippen LogP contribution is -2.32. The van der Waals surface area contributed by atoms with Crippen molar-refractivity contribution < 1.29 is 32.2 Å². The van der Waals surface area contributed by atoms with E-state index < -0.39 is 42.2 Å². The van der Waals surface area contributed by atoms with Crippen molar-refractivity contribution in [3.63, 3.8) is 0 Å². The maximum absolute atomic E-state index is 13.6. The van der Waals surface area contributed by atoms with Gasteiger partial charge in [0.05, 0.1) is 18.6 Å². The number of esters is 1. The highest BCUT2D eigenvalue weighted by molar-refractivity contribution is 6.30. The molecule has 0 radical (unpaired) electrons. The quantitative estimate of drug-likeness (QED) is 0.716. The molecule has 3 rings (SSSR count). The van der Waals surface area contributed by atoms with E-state index in [1.165, 1.54) is 36.4 Å². The van der Waals surface area contributed by atoms with Gasteiger partial charge in [0.25, 0.3) is 5.91 Å². The smallest absolute Gasteiger partial charge is 0.416 e. The zero-order valence-electron chi connectivity index (χ0n) is 15.3. The summed E-state index contributed by atoms with van der Waals surface area (Å²) in [4.78, 5) is 24.4. The number of nitrogens with one attached hydrogen (secondary N) is 1. The number of ether oxygens (including phenoxy) is 2. The van der Waals surface area contributed by atoms with Gasteiger partial charge in [0.2, 0.25) is 0 Å². The third kappa shape index (κ3) is 4.71. The largest absolute Gasteiger partial charge is 0.466 e. The molecule has 2 atom stereocenters. The van der Waals surface area contributed by atoms with Gasteiger partial charge < -0.3 is 14.8 Å². The average molecular weight is 428 g/mol. The second-order valence-electron chi connectivity index (χ2n) is 6.32. The number of halogens is 4. The maximum Gasteiger partial charge on any atom is 0.416 e. The summed E-state index contributed by atoms with van der Waals surface area (Å²) in [5.41, 5.74) is -0.573. The van der Waals surface area contributed by atoms with Gasteiger partial charge in [-0.15, -0.1) is 0 Å². The van der Waals surface area contributed by atoms with Crippen LogP contribution in [0.5, 0.6) is 0 Å². The molecular weight excluding hydrogens is 411 g/mol. The number of anilines is 1. The summed E-state index contributed by atoms with van der Waals surface area (Å²) in [6, 6.07) is 9.33. The van der Waals surface area contributed by atoms with E-state index in [9.17, 15) is 22.8 Å². The van der Waals surface area contributed by atoms with E-state index in [4.69, 9.17) is 21.1 Å². The highest BCUT2D eigenvalue weighted by Gasteiger charge is 2.39. The van der Waals surface area contributed by atoms with E-state index in [2.05, 4.69) is 5.32 Å². The van der Waals surface area contributed by atoms with E-state index in [0.29, 0.717) is 0 Å². The molecule has 0 saturated heterocycles. The molecule has 2 aromatic rings. The predicted molar refractivity (Wildman–Crippen MR) is 99.5 cm³/mol. The lowest BCUT2D eigenvalue weighted by atomic mass is 9.95. The summed E-state index contributed by atoms with van der Waals surface area (Å²) in [6.07, 6.45) is -7.70. The first-order valence-corrected chi connectivity index (χ1v) is 9.16. The minimum absolute atomic E-state index is 0.101. The monoisotopic (exact) mass is 427 g/mol. The van der Waals surface area contributed by atoms with Crippen molar-refractivity contribution in [2.45, 2.75) is 31.7 Å². The Kier molecular flexibility index (Phi) is 6.14. The van der Waals surface area contributed by atoms with E-state index in [1.807, 2.05) is 0 Å². The van der Waals surface area contributed by atoms with Crippen molar-refractivity contribution in [2.24, 2.45) is 0 Å². The molecule has 0 spiro atoms. The molecule has 0 unspecified atom stereocenters. The summed E-state index contributed by atoms with van der Waals surface area (Å²) < 4.78 is 51.4. The Bertz CT molecular complexity index is 932. The third-order valence-electron chi connectivity index (χ3n) is 4.35. The molecule has 9 heteroatoms. The Balaban J connectivity index is 2.11. The number of hydrogen-bond acceptors (Lipinski definition) is 4. The molecule has 2 aromatic carbocycles.